The number of halogens is 1. The predicted molar refractivity (Wildman–Crippen MR) is 111 cm³/mol. The zero-order valence-electron chi connectivity index (χ0n) is 15.0. The van der Waals surface area contributed by atoms with Crippen LogP contribution in [0.15, 0.2) is 48.5 Å². The van der Waals surface area contributed by atoms with Gasteiger partial charge in [0.05, 0.1) is 10.1 Å². The van der Waals surface area contributed by atoms with E-state index in [1.54, 1.807) is 0 Å². The highest BCUT2D eigenvalue weighted by Crippen LogP contribution is 2.19. The maximum atomic E-state index is 12.5. The smallest absolute Gasteiger partial charge is 0.260 e. The monoisotopic (exact) mass is 466 g/mol. The summed E-state index contributed by atoms with van der Waals surface area (Å²) in [6.07, 6.45) is 0.770. The SMILES string of the molecule is CCCN(CC(=O)Nc1ccccc1C)C(=O)COc1ccccc1I. The maximum absolute atomic E-state index is 12.5. The molecule has 2 amide bonds. The Morgan fingerprint density at radius 2 is 1.81 bits per heavy atom. The highest BCUT2D eigenvalue weighted by atomic mass is 127. The summed E-state index contributed by atoms with van der Waals surface area (Å²) >= 11 is 2.16. The van der Waals surface area contributed by atoms with Gasteiger partial charge in [-0.3, -0.25) is 9.59 Å². The van der Waals surface area contributed by atoms with Crippen LogP contribution in [-0.4, -0.2) is 36.4 Å². The zero-order valence-corrected chi connectivity index (χ0v) is 17.2. The second-order valence-electron chi connectivity index (χ2n) is 5.90. The van der Waals surface area contributed by atoms with E-state index < -0.39 is 0 Å². The molecule has 1 N–H and O–H groups in total. The lowest BCUT2D eigenvalue weighted by Crippen LogP contribution is -2.41. The normalized spacial score (nSPS) is 10.3. The quantitative estimate of drug-likeness (QED) is 0.602. The van der Waals surface area contributed by atoms with Crippen LogP contribution in [0.5, 0.6) is 5.75 Å². The summed E-state index contributed by atoms with van der Waals surface area (Å²) in [6.45, 7) is 4.34. The van der Waals surface area contributed by atoms with Crippen molar-refractivity contribution in [1.82, 2.24) is 4.90 Å². The van der Waals surface area contributed by atoms with Gasteiger partial charge in [0.15, 0.2) is 6.61 Å². The van der Waals surface area contributed by atoms with Crippen molar-refractivity contribution >= 4 is 40.1 Å². The number of nitrogens with zero attached hydrogens (tertiary/aromatic N) is 1. The Hall–Kier alpha value is -2.09. The molecule has 0 atom stereocenters. The van der Waals surface area contributed by atoms with Gasteiger partial charge >= 0.3 is 0 Å². The number of carbonyl (C=O) groups excluding carboxylic acids is 2. The molecule has 0 aliphatic carbocycles. The molecule has 0 aromatic heterocycles. The second-order valence-corrected chi connectivity index (χ2v) is 7.06. The van der Waals surface area contributed by atoms with Crippen LogP contribution in [0.3, 0.4) is 0 Å². The first-order chi connectivity index (χ1) is 12.5. The minimum atomic E-state index is -0.213. The van der Waals surface area contributed by atoms with E-state index >= 15 is 0 Å². The molecular weight excluding hydrogens is 443 g/mol. The van der Waals surface area contributed by atoms with E-state index in [-0.39, 0.29) is 25.0 Å². The molecule has 5 nitrogen and oxygen atoms in total. The summed E-state index contributed by atoms with van der Waals surface area (Å²) in [5.74, 6) is 0.254. The Kier molecular flexibility index (Phi) is 7.90. The molecule has 0 saturated carbocycles. The number of para-hydroxylation sites is 2. The standard InChI is InChI=1S/C20H23IN2O3/c1-3-12-23(13-19(24)22-17-10-6-4-8-15(17)2)20(25)14-26-18-11-7-5-9-16(18)21/h4-11H,3,12-14H2,1-2H3,(H,22,24). The van der Waals surface area contributed by atoms with Crippen LogP contribution in [0.4, 0.5) is 5.69 Å². The van der Waals surface area contributed by atoms with Gasteiger partial charge in [-0.05, 0) is 59.7 Å². The minimum absolute atomic E-state index is 0.0102. The summed E-state index contributed by atoms with van der Waals surface area (Å²) in [5.41, 5.74) is 1.74. The van der Waals surface area contributed by atoms with Crippen molar-refractivity contribution in [1.29, 1.82) is 0 Å². The fraction of sp³-hybridized carbons (Fsp3) is 0.300. The van der Waals surface area contributed by atoms with Crippen molar-refractivity contribution < 1.29 is 14.3 Å². The van der Waals surface area contributed by atoms with Crippen molar-refractivity contribution in [2.75, 3.05) is 25.0 Å². The Morgan fingerprint density at radius 1 is 1.12 bits per heavy atom. The van der Waals surface area contributed by atoms with Gasteiger partial charge in [0.1, 0.15) is 5.75 Å². The Morgan fingerprint density at radius 3 is 2.50 bits per heavy atom. The number of ether oxygens (including phenoxy) is 1. The maximum Gasteiger partial charge on any atom is 0.260 e. The highest BCUT2D eigenvalue weighted by molar-refractivity contribution is 14.1. The largest absolute Gasteiger partial charge is 0.483 e. The summed E-state index contributed by atoms with van der Waals surface area (Å²) < 4.78 is 6.56. The number of hydrogen-bond donors (Lipinski definition) is 1. The van der Waals surface area contributed by atoms with Crippen molar-refractivity contribution in [3.63, 3.8) is 0 Å². The molecule has 0 aliphatic rings. The molecule has 0 heterocycles. The Balaban J connectivity index is 1.94. The fourth-order valence-corrected chi connectivity index (χ4v) is 2.97. The first-order valence-corrected chi connectivity index (χ1v) is 9.59. The van der Waals surface area contributed by atoms with Gasteiger partial charge in [-0.25, -0.2) is 0 Å². The molecule has 0 saturated heterocycles. The number of nitrogens with one attached hydrogen (secondary N) is 1. The van der Waals surface area contributed by atoms with Crippen molar-refractivity contribution in [2.45, 2.75) is 20.3 Å². The lowest BCUT2D eigenvalue weighted by Gasteiger charge is -2.22. The van der Waals surface area contributed by atoms with E-state index in [0.29, 0.717) is 12.3 Å². The number of benzene rings is 2. The van der Waals surface area contributed by atoms with Crippen molar-refractivity contribution in [3.8, 4) is 5.75 Å². The van der Waals surface area contributed by atoms with Crippen LogP contribution < -0.4 is 10.1 Å². The highest BCUT2D eigenvalue weighted by Gasteiger charge is 2.18. The van der Waals surface area contributed by atoms with Crippen LogP contribution in [0, 0.1) is 10.5 Å². The number of aryl methyl sites for hydroxylation is 1. The fourth-order valence-electron chi connectivity index (χ4n) is 2.43. The molecule has 0 radical (unpaired) electrons. The lowest BCUT2D eigenvalue weighted by molar-refractivity contribution is -0.136. The summed E-state index contributed by atoms with van der Waals surface area (Å²) in [6, 6.07) is 15.1. The molecule has 138 valence electrons. The number of anilines is 1. The van der Waals surface area contributed by atoms with Crippen molar-refractivity contribution in [2.24, 2.45) is 0 Å². The molecule has 26 heavy (non-hydrogen) atoms. The van der Waals surface area contributed by atoms with Crippen LogP contribution in [0.25, 0.3) is 0 Å². The molecule has 6 heteroatoms. The number of carbonyl (C=O) groups is 2. The number of rotatable bonds is 8. The molecule has 2 rings (SSSR count). The first-order valence-electron chi connectivity index (χ1n) is 8.52. The van der Waals surface area contributed by atoms with E-state index in [9.17, 15) is 9.59 Å². The molecule has 0 unspecified atom stereocenters. The minimum Gasteiger partial charge on any atom is -0.483 e. The van der Waals surface area contributed by atoms with Crippen LogP contribution in [0.1, 0.15) is 18.9 Å². The van der Waals surface area contributed by atoms with Gasteiger partial charge in [0.2, 0.25) is 5.91 Å². The second kappa shape index (κ2) is 10.2. The molecule has 2 aromatic rings. The lowest BCUT2D eigenvalue weighted by atomic mass is 10.2. The molecular formula is C20H23IN2O3. The van der Waals surface area contributed by atoms with Crippen molar-refractivity contribution in [3.05, 3.63) is 57.7 Å². The van der Waals surface area contributed by atoms with Crippen LogP contribution >= 0.6 is 22.6 Å². The summed E-state index contributed by atoms with van der Waals surface area (Å²) in [5, 5.41) is 2.86. The molecule has 0 fully saturated rings. The number of hydrogen-bond acceptors (Lipinski definition) is 3. The van der Waals surface area contributed by atoms with Gasteiger partial charge < -0.3 is 15.0 Å². The van der Waals surface area contributed by atoms with E-state index in [4.69, 9.17) is 4.74 Å². The van der Waals surface area contributed by atoms with Crippen LogP contribution in [-0.2, 0) is 9.59 Å². The first kappa shape index (κ1) is 20.2. The van der Waals surface area contributed by atoms with Gasteiger partial charge in [0.25, 0.3) is 5.91 Å². The third-order valence-corrected chi connectivity index (χ3v) is 4.68. The summed E-state index contributed by atoms with van der Waals surface area (Å²) in [4.78, 5) is 26.4. The molecule has 0 bridgehead atoms. The van der Waals surface area contributed by atoms with Gasteiger partial charge in [-0.1, -0.05) is 37.3 Å². The predicted octanol–water partition coefficient (Wildman–Crippen LogP) is 3.86. The molecule has 2 aromatic carbocycles. The Labute approximate surface area is 167 Å². The van der Waals surface area contributed by atoms with E-state index in [1.165, 1.54) is 4.90 Å². The average molecular weight is 466 g/mol. The van der Waals surface area contributed by atoms with E-state index in [1.807, 2.05) is 62.4 Å². The molecule has 0 spiro atoms. The average Bonchev–Trinajstić information content (AvgIpc) is 2.62. The third kappa shape index (κ3) is 6.01. The van der Waals surface area contributed by atoms with Gasteiger partial charge in [0, 0.05) is 12.2 Å². The topological polar surface area (TPSA) is 58.6 Å². The van der Waals surface area contributed by atoms with Gasteiger partial charge in [-0.15, -0.1) is 0 Å². The van der Waals surface area contributed by atoms with E-state index in [2.05, 4.69) is 27.9 Å². The third-order valence-electron chi connectivity index (χ3n) is 3.79. The van der Waals surface area contributed by atoms with Gasteiger partial charge in [-0.2, -0.15) is 0 Å². The van der Waals surface area contributed by atoms with Crippen LogP contribution in [0.2, 0.25) is 0 Å². The van der Waals surface area contributed by atoms with E-state index in [0.717, 1.165) is 21.2 Å². The summed E-state index contributed by atoms with van der Waals surface area (Å²) in [7, 11) is 0. The zero-order chi connectivity index (χ0) is 18.9. The Bertz CT molecular complexity index is 764. The number of amides is 2. The molecule has 0 aliphatic heterocycles.